The van der Waals surface area contributed by atoms with Gasteiger partial charge in [0.15, 0.2) is 12.7 Å². The highest BCUT2D eigenvalue weighted by molar-refractivity contribution is 5.83. The fourth-order valence-electron chi connectivity index (χ4n) is 2.32. The van der Waals surface area contributed by atoms with Gasteiger partial charge in [0, 0.05) is 6.54 Å². The summed E-state index contributed by atoms with van der Waals surface area (Å²) < 4.78 is 15.6. The van der Waals surface area contributed by atoms with Crippen molar-refractivity contribution in [3.05, 3.63) is 59.7 Å². The number of hydrogen-bond donors (Lipinski definition) is 1. The molecular formula is C21H25NO5. The second kappa shape index (κ2) is 10.2. The van der Waals surface area contributed by atoms with Gasteiger partial charge in [0.25, 0.3) is 5.91 Å². The summed E-state index contributed by atoms with van der Waals surface area (Å²) in [5, 5.41) is 2.73. The lowest BCUT2D eigenvalue weighted by Gasteiger charge is -2.14. The number of hydrogen-bond acceptors (Lipinski definition) is 5. The molecule has 0 saturated heterocycles. The van der Waals surface area contributed by atoms with Crippen molar-refractivity contribution in [1.82, 2.24) is 5.32 Å². The van der Waals surface area contributed by atoms with Gasteiger partial charge in [0.05, 0.1) is 7.11 Å². The van der Waals surface area contributed by atoms with E-state index in [-0.39, 0.29) is 12.5 Å². The van der Waals surface area contributed by atoms with Crippen molar-refractivity contribution in [3.8, 4) is 11.5 Å². The zero-order valence-electron chi connectivity index (χ0n) is 15.9. The molecule has 0 radical (unpaired) electrons. The number of carbonyl (C=O) groups is 2. The van der Waals surface area contributed by atoms with Crippen LogP contribution in [0.5, 0.6) is 11.5 Å². The maximum absolute atomic E-state index is 12.1. The summed E-state index contributed by atoms with van der Waals surface area (Å²) in [5.74, 6) is 0.366. The zero-order chi connectivity index (χ0) is 19.6. The van der Waals surface area contributed by atoms with Gasteiger partial charge in [-0.15, -0.1) is 0 Å². The van der Waals surface area contributed by atoms with Crippen LogP contribution in [0.15, 0.2) is 48.5 Å². The van der Waals surface area contributed by atoms with Gasteiger partial charge in [0.1, 0.15) is 11.5 Å². The normalized spacial score (nSPS) is 11.4. The van der Waals surface area contributed by atoms with Gasteiger partial charge >= 0.3 is 5.97 Å². The molecule has 1 unspecified atom stereocenters. The Bertz CT molecular complexity index is 740. The molecule has 0 saturated carbocycles. The van der Waals surface area contributed by atoms with Crippen LogP contribution >= 0.6 is 0 Å². The highest BCUT2D eigenvalue weighted by atomic mass is 16.6. The number of carbonyl (C=O) groups excluding carboxylic acids is 2. The molecule has 2 rings (SSSR count). The van der Waals surface area contributed by atoms with Gasteiger partial charge in [-0.25, -0.2) is 4.79 Å². The average Bonchev–Trinajstić information content (AvgIpc) is 2.71. The Labute approximate surface area is 159 Å². The number of benzene rings is 2. The van der Waals surface area contributed by atoms with Gasteiger partial charge in [-0.2, -0.15) is 0 Å². The van der Waals surface area contributed by atoms with Crippen LogP contribution in [0.25, 0.3) is 0 Å². The topological polar surface area (TPSA) is 73.9 Å². The first-order valence-corrected chi connectivity index (χ1v) is 8.83. The second-order valence-corrected chi connectivity index (χ2v) is 5.98. The van der Waals surface area contributed by atoms with Crippen molar-refractivity contribution in [2.24, 2.45) is 0 Å². The molecule has 2 aromatic rings. The fourth-order valence-corrected chi connectivity index (χ4v) is 2.32. The van der Waals surface area contributed by atoms with E-state index in [1.165, 1.54) is 12.5 Å². The third kappa shape index (κ3) is 6.66. The van der Waals surface area contributed by atoms with E-state index in [2.05, 4.69) is 12.2 Å². The Hall–Kier alpha value is -3.02. The van der Waals surface area contributed by atoms with Crippen LogP contribution in [0.2, 0.25) is 0 Å². The maximum Gasteiger partial charge on any atom is 0.344 e. The van der Waals surface area contributed by atoms with Crippen molar-refractivity contribution in [1.29, 1.82) is 0 Å². The Morgan fingerprint density at radius 1 is 0.963 bits per heavy atom. The second-order valence-electron chi connectivity index (χ2n) is 5.98. The van der Waals surface area contributed by atoms with Crippen LogP contribution < -0.4 is 14.8 Å². The van der Waals surface area contributed by atoms with Crippen LogP contribution in [0, 0.1) is 0 Å². The van der Waals surface area contributed by atoms with Crippen LogP contribution in [0.3, 0.4) is 0 Å². The van der Waals surface area contributed by atoms with Crippen LogP contribution in [0.1, 0.15) is 25.0 Å². The van der Waals surface area contributed by atoms with Gasteiger partial charge < -0.3 is 19.5 Å². The van der Waals surface area contributed by atoms with Crippen molar-refractivity contribution in [2.75, 3.05) is 13.7 Å². The number of ether oxygens (including phenoxy) is 3. The molecule has 0 aliphatic heterocycles. The van der Waals surface area contributed by atoms with Crippen molar-refractivity contribution in [2.45, 2.75) is 32.9 Å². The van der Waals surface area contributed by atoms with Crippen LogP contribution in [-0.2, 0) is 27.3 Å². The maximum atomic E-state index is 12.1. The minimum atomic E-state index is -0.901. The quantitative estimate of drug-likeness (QED) is 0.686. The van der Waals surface area contributed by atoms with E-state index in [0.29, 0.717) is 12.3 Å². The largest absolute Gasteiger partial charge is 0.497 e. The first kappa shape index (κ1) is 20.3. The molecule has 1 atom stereocenters. The number of methoxy groups -OCH3 is 1. The van der Waals surface area contributed by atoms with E-state index >= 15 is 0 Å². The van der Waals surface area contributed by atoms with E-state index in [1.807, 2.05) is 36.4 Å². The fraction of sp³-hybridized carbons (Fsp3) is 0.333. The summed E-state index contributed by atoms with van der Waals surface area (Å²) in [6.07, 6.45) is 0.0349. The molecule has 6 nitrogen and oxygen atoms in total. The van der Waals surface area contributed by atoms with E-state index in [4.69, 9.17) is 14.2 Å². The van der Waals surface area contributed by atoms with Crippen molar-refractivity contribution >= 4 is 11.9 Å². The van der Waals surface area contributed by atoms with E-state index in [1.54, 1.807) is 19.2 Å². The minimum Gasteiger partial charge on any atom is -0.497 e. The molecule has 0 aliphatic carbocycles. The molecule has 2 aromatic carbocycles. The predicted octanol–water partition coefficient (Wildman–Crippen LogP) is 2.88. The lowest BCUT2D eigenvalue weighted by Crippen LogP contribution is -2.36. The molecular weight excluding hydrogens is 346 g/mol. The first-order valence-electron chi connectivity index (χ1n) is 8.83. The highest BCUT2D eigenvalue weighted by Gasteiger charge is 2.17. The number of nitrogens with one attached hydrogen (secondary N) is 1. The summed E-state index contributed by atoms with van der Waals surface area (Å²) in [6.45, 7) is 3.68. The summed E-state index contributed by atoms with van der Waals surface area (Å²) in [7, 11) is 1.59. The van der Waals surface area contributed by atoms with Crippen LogP contribution in [0.4, 0.5) is 0 Å². The first-order chi connectivity index (χ1) is 13.0. The Balaban J connectivity index is 1.72. The van der Waals surface area contributed by atoms with E-state index in [0.717, 1.165) is 17.7 Å². The molecule has 27 heavy (non-hydrogen) atoms. The molecule has 0 heterocycles. The van der Waals surface area contributed by atoms with Gasteiger partial charge in [-0.3, -0.25) is 4.79 Å². The van der Waals surface area contributed by atoms with Crippen LogP contribution in [-0.4, -0.2) is 31.7 Å². The molecule has 0 aromatic heterocycles. The molecule has 0 fully saturated rings. The molecule has 144 valence electrons. The van der Waals surface area contributed by atoms with Gasteiger partial charge in [-0.1, -0.05) is 31.2 Å². The third-order valence-electron chi connectivity index (χ3n) is 3.99. The van der Waals surface area contributed by atoms with E-state index in [9.17, 15) is 9.59 Å². The summed E-state index contributed by atoms with van der Waals surface area (Å²) in [5.41, 5.74) is 2.11. The van der Waals surface area contributed by atoms with Gasteiger partial charge in [0.2, 0.25) is 0 Å². The highest BCUT2D eigenvalue weighted by Crippen LogP contribution is 2.13. The van der Waals surface area contributed by atoms with Crippen molar-refractivity contribution in [3.63, 3.8) is 0 Å². The summed E-state index contributed by atoms with van der Waals surface area (Å²) in [4.78, 5) is 23.9. The lowest BCUT2D eigenvalue weighted by atomic mass is 10.2. The monoisotopic (exact) mass is 371 g/mol. The Kier molecular flexibility index (Phi) is 7.67. The zero-order valence-corrected chi connectivity index (χ0v) is 15.9. The molecule has 1 amide bonds. The Morgan fingerprint density at radius 2 is 1.56 bits per heavy atom. The SMILES string of the molecule is CCc1ccc(OCC(=O)OC(C)C(=O)NCc2ccc(OC)cc2)cc1. The molecule has 0 bridgehead atoms. The molecule has 0 spiro atoms. The average molecular weight is 371 g/mol. The Morgan fingerprint density at radius 3 is 2.15 bits per heavy atom. The summed E-state index contributed by atoms with van der Waals surface area (Å²) >= 11 is 0. The molecule has 0 aliphatic rings. The number of aryl methyl sites for hydroxylation is 1. The molecule has 6 heteroatoms. The van der Waals surface area contributed by atoms with Crippen molar-refractivity contribution < 1.29 is 23.8 Å². The molecule has 1 N–H and O–H groups in total. The standard InChI is InChI=1S/C21H25NO5/c1-4-16-5-11-19(12-6-16)26-14-20(23)27-15(2)21(24)22-13-17-7-9-18(25-3)10-8-17/h5-12,15H,4,13-14H2,1-3H3,(H,22,24). The minimum absolute atomic E-state index is 0.248. The van der Waals surface area contributed by atoms with E-state index < -0.39 is 12.1 Å². The smallest absolute Gasteiger partial charge is 0.344 e. The summed E-state index contributed by atoms with van der Waals surface area (Å²) in [6, 6.07) is 14.8. The number of amides is 1. The lowest BCUT2D eigenvalue weighted by molar-refractivity contribution is -0.156. The predicted molar refractivity (Wildman–Crippen MR) is 102 cm³/mol. The number of rotatable bonds is 9. The third-order valence-corrected chi connectivity index (χ3v) is 3.99. The number of esters is 1. The van der Waals surface area contributed by atoms with Gasteiger partial charge in [-0.05, 0) is 48.7 Å².